The van der Waals surface area contributed by atoms with Crippen molar-refractivity contribution in [3.63, 3.8) is 0 Å². The highest BCUT2D eigenvalue weighted by atomic mass is 15.1. The molecule has 0 saturated heterocycles. The molecule has 0 unspecified atom stereocenters. The van der Waals surface area contributed by atoms with Crippen molar-refractivity contribution in [1.82, 2.24) is 4.90 Å². The minimum absolute atomic E-state index is 0.676. The summed E-state index contributed by atoms with van der Waals surface area (Å²) in [5.41, 5.74) is 1.31. The lowest BCUT2D eigenvalue weighted by Gasteiger charge is -2.20. The quantitative estimate of drug-likeness (QED) is 0.436. The zero-order valence-corrected chi connectivity index (χ0v) is 9.06. The van der Waals surface area contributed by atoms with Gasteiger partial charge in [0.2, 0.25) is 0 Å². The first-order chi connectivity index (χ1) is 5.54. The lowest BCUT2D eigenvalue weighted by atomic mass is 10.1. The second-order valence-corrected chi connectivity index (χ2v) is 3.99. The summed E-state index contributed by atoms with van der Waals surface area (Å²) in [4.78, 5) is 2.39. The lowest BCUT2D eigenvalue weighted by Crippen LogP contribution is -2.27. The Hall–Kier alpha value is -0.300. The highest BCUT2D eigenvalue weighted by Crippen LogP contribution is 2.05. The molecule has 0 aromatic rings. The van der Waals surface area contributed by atoms with Gasteiger partial charge in [0.15, 0.2) is 0 Å². The molecule has 0 bridgehead atoms. The van der Waals surface area contributed by atoms with Gasteiger partial charge >= 0.3 is 0 Å². The molecule has 0 aromatic heterocycles. The molecule has 0 heterocycles. The summed E-state index contributed by atoms with van der Waals surface area (Å²) in [6.45, 7) is 11.7. The van der Waals surface area contributed by atoms with Gasteiger partial charge in [0, 0.05) is 6.04 Å². The van der Waals surface area contributed by atoms with Crippen molar-refractivity contribution in [2.45, 2.75) is 46.1 Å². The van der Waals surface area contributed by atoms with Gasteiger partial charge in [-0.05, 0) is 53.6 Å². The fourth-order valence-corrected chi connectivity index (χ4v) is 1.05. The number of unbranched alkanes of at least 4 members (excludes halogenated alkanes) is 1. The summed E-state index contributed by atoms with van der Waals surface area (Å²) >= 11 is 0. The predicted molar refractivity (Wildman–Crippen MR) is 56.4 cm³/mol. The summed E-state index contributed by atoms with van der Waals surface area (Å²) < 4.78 is 0. The van der Waals surface area contributed by atoms with E-state index in [2.05, 4.69) is 39.3 Å². The van der Waals surface area contributed by atoms with Crippen molar-refractivity contribution in [2.24, 2.45) is 0 Å². The Morgan fingerprint density at radius 2 is 1.92 bits per heavy atom. The minimum Gasteiger partial charge on any atom is -0.304 e. The zero-order valence-electron chi connectivity index (χ0n) is 9.06. The van der Waals surface area contributed by atoms with Crippen LogP contribution in [0.15, 0.2) is 12.2 Å². The van der Waals surface area contributed by atoms with Crippen LogP contribution in [0.1, 0.15) is 40.0 Å². The molecule has 0 aliphatic heterocycles. The molecule has 0 amide bonds. The van der Waals surface area contributed by atoms with E-state index in [4.69, 9.17) is 0 Å². The van der Waals surface area contributed by atoms with E-state index in [0.29, 0.717) is 6.04 Å². The Kier molecular flexibility index (Phi) is 6.09. The summed E-state index contributed by atoms with van der Waals surface area (Å²) in [6, 6.07) is 0.676. The summed E-state index contributed by atoms with van der Waals surface area (Å²) in [6.07, 6.45) is 3.76. The average Bonchev–Trinajstić information content (AvgIpc) is 1.97. The van der Waals surface area contributed by atoms with E-state index >= 15 is 0 Å². The second-order valence-electron chi connectivity index (χ2n) is 3.99. The van der Waals surface area contributed by atoms with Gasteiger partial charge in [-0.1, -0.05) is 5.57 Å². The van der Waals surface area contributed by atoms with E-state index < -0.39 is 0 Å². The maximum atomic E-state index is 3.89. The van der Waals surface area contributed by atoms with E-state index in [1.807, 2.05) is 0 Å². The van der Waals surface area contributed by atoms with Crippen LogP contribution in [0.5, 0.6) is 0 Å². The Labute approximate surface area is 77.5 Å². The van der Waals surface area contributed by atoms with Crippen molar-refractivity contribution in [2.75, 3.05) is 13.6 Å². The fraction of sp³-hybridized carbons (Fsp3) is 0.818. The molecular formula is C11H23N. The van der Waals surface area contributed by atoms with Crippen LogP contribution in [-0.4, -0.2) is 24.5 Å². The van der Waals surface area contributed by atoms with Crippen molar-refractivity contribution in [1.29, 1.82) is 0 Å². The molecule has 0 atom stereocenters. The SMILES string of the molecule is C=C(C)CCCCN(C)C(C)C. The molecule has 0 fully saturated rings. The topological polar surface area (TPSA) is 3.24 Å². The van der Waals surface area contributed by atoms with Gasteiger partial charge in [-0.2, -0.15) is 0 Å². The van der Waals surface area contributed by atoms with Crippen LogP contribution in [0, 0.1) is 0 Å². The Morgan fingerprint density at radius 1 is 1.33 bits per heavy atom. The average molecular weight is 169 g/mol. The highest BCUT2D eigenvalue weighted by Gasteiger charge is 2.01. The van der Waals surface area contributed by atoms with Crippen LogP contribution in [0.25, 0.3) is 0 Å². The molecule has 72 valence electrons. The number of hydrogen-bond donors (Lipinski definition) is 0. The maximum Gasteiger partial charge on any atom is 0.00355 e. The third-order valence-electron chi connectivity index (χ3n) is 2.25. The monoisotopic (exact) mass is 169 g/mol. The molecule has 0 saturated carbocycles. The number of allylic oxidation sites excluding steroid dienone is 1. The van der Waals surface area contributed by atoms with Gasteiger partial charge in [-0.3, -0.25) is 0 Å². The summed E-state index contributed by atoms with van der Waals surface area (Å²) in [7, 11) is 2.19. The molecule has 0 N–H and O–H groups in total. The van der Waals surface area contributed by atoms with Crippen LogP contribution < -0.4 is 0 Å². The van der Waals surface area contributed by atoms with Gasteiger partial charge in [0.05, 0.1) is 0 Å². The van der Waals surface area contributed by atoms with Crippen LogP contribution >= 0.6 is 0 Å². The molecule has 0 spiro atoms. The normalized spacial score (nSPS) is 11.2. The van der Waals surface area contributed by atoms with E-state index in [-0.39, 0.29) is 0 Å². The van der Waals surface area contributed by atoms with E-state index in [1.165, 1.54) is 31.4 Å². The smallest absolute Gasteiger partial charge is 0.00355 e. The zero-order chi connectivity index (χ0) is 9.56. The highest BCUT2D eigenvalue weighted by molar-refractivity contribution is 4.87. The summed E-state index contributed by atoms with van der Waals surface area (Å²) in [5, 5.41) is 0. The predicted octanol–water partition coefficient (Wildman–Crippen LogP) is 3.07. The van der Waals surface area contributed by atoms with Gasteiger partial charge in [-0.25, -0.2) is 0 Å². The molecule has 0 radical (unpaired) electrons. The molecule has 0 aromatic carbocycles. The molecule has 0 aliphatic carbocycles. The molecule has 1 heteroatoms. The molecule has 0 aliphatic rings. The van der Waals surface area contributed by atoms with E-state index in [9.17, 15) is 0 Å². The molecule has 12 heavy (non-hydrogen) atoms. The van der Waals surface area contributed by atoms with Crippen LogP contribution in [0.4, 0.5) is 0 Å². The standard InChI is InChI=1S/C11H23N/c1-10(2)8-6-7-9-12(5)11(3)4/h11H,1,6-9H2,2-5H3. The van der Waals surface area contributed by atoms with Gasteiger partial charge in [0.1, 0.15) is 0 Å². The number of hydrogen-bond acceptors (Lipinski definition) is 1. The maximum absolute atomic E-state index is 3.89. The Balaban J connectivity index is 3.25. The molecule has 1 nitrogen and oxygen atoms in total. The lowest BCUT2D eigenvalue weighted by molar-refractivity contribution is 0.268. The third kappa shape index (κ3) is 6.41. The van der Waals surface area contributed by atoms with Gasteiger partial charge in [0.25, 0.3) is 0 Å². The van der Waals surface area contributed by atoms with Crippen molar-refractivity contribution in [3.05, 3.63) is 12.2 Å². The Bertz CT molecular complexity index is 127. The van der Waals surface area contributed by atoms with Crippen LogP contribution in [0.2, 0.25) is 0 Å². The van der Waals surface area contributed by atoms with Gasteiger partial charge in [-0.15, -0.1) is 6.58 Å². The summed E-state index contributed by atoms with van der Waals surface area (Å²) in [5.74, 6) is 0. The minimum atomic E-state index is 0.676. The van der Waals surface area contributed by atoms with Crippen molar-refractivity contribution >= 4 is 0 Å². The molecule has 0 rings (SSSR count). The van der Waals surface area contributed by atoms with Crippen molar-refractivity contribution in [3.8, 4) is 0 Å². The molecular weight excluding hydrogens is 146 g/mol. The fourth-order valence-electron chi connectivity index (χ4n) is 1.05. The first-order valence-electron chi connectivity index (χ1n) is 4.88. The largest absolute Gasteiger partial charge is 0.304 e. The van der Waals surface area contributed by atoms with Crippen molar-refractivity contribution < 1.29 is 0 Å². The van der Waals surface area contributed by atoms with E-state index in [1.54, 1.807) is 0 Å². The number of nitrogens with zero attached hydrogens (tertiary/aromatic N) is 1. The van der Waals surface area contributed by atoms with Crippen LogP contribution in [-0.2, 0) is 0 Å². The Morgan fingerprint density at radius 3 is 2.33 bits per heavy atom. The first-order valence-corrected chi connectivity index (χ1v) is 4.88. The van der Waals surface area contributed by atoms with E-state index in [0.717, 1.165) is 0 Å². The van der Waals surface area contributed by atoms with Crippen LogP contribution in [0.3, 0.4) is 0 Å². The number of rotatable bonds is 6. The second kappa shape index (κ2) is 6.24. The first kappa shape index (κ1) is 11.7. The third-order valence-corrected chi connectivity index (χ3v) is 2.25. The van der Waals surface area contributed by atoms with Gasteiger partial charge < -0.3 is 4.90 Å².